The number of hydrogen-bond acceptors (Lipinski definition) is 0. The average molecular weight is 150 g/mol. The van der Waals surface area contributed by atoms with Gasteiger partial charge in [0.05, 0.1) is 0 Å². The summed E-state index contributed by atoms with van der Waals surface area (Å²) in [5.74, 6) is 3.48. The fourth-order valence-corrected chi connectivity index (χ4v) is 4.00. The zero-order chi connectivity index (χ0) is 7.47. The molecule has 3 aliphatic carbocycles. The minimum Gasteiger partial charge on any atom is -0.0591 e. The molecule has 3 fully saturated rings. The molecule has 62 valence electrons. The van der Waals surface area contributed by atoms with Gasteiger partial charge in [-0.2, -0.15) is 0 Å². The van der Waals surface area contributed by atoms with Crippen LogP contribution < -0.4 is 0 Å². The molecule has 0 nitrogen and oxygen atoms in total. The van der Waals surface area contributed by atoms with Crippen LogP contribution in [0.1, 0.15) is 45.4 Å². The summed E-state index contributed by atoms with van der Waals surface area (Å²) in [4.78, 5) is 0. The highest BCUT2D eigenvalue weighted by Crippen LogP contribution is 2.70. The lowest BCUT2D eigenvalue weighted by atomic mass is 9.75. The van der Waals surface area contributed by atoms with Gasteiger partial charge in [0.1, 0.15) is 0 Å². The van der Waals surface area contributed by atoms with Gasteiger partial charge in [0.2, 0.25) is 0 Å². The van der Waals surface area contributed by atoms with E-state index in [0.717, 1.165) is 23.2 Å². The molecule has 0 N–H and O–H groups in total. The second-order valence-electron chi connectivity index (χ2n) is 5.29. The normalized spacial score (nSPS) is 60.3. The third-order valence-corrected chi connectivity index (χ3v) is 4.80. The molecule has 0 amide bonds. The molecule has 0 aromatic heterocycles. The summed E-state index contributed by atoms with van der Waals surface area (Å²) < 4.78 is 0. The molecule has 4 unspecified atom stereocenters. The zero-order valence-electron chi connectivity index (χ0n) is 7.47. The predicted molar refractivity (Wildman–Crippen MR) is 46.3 cm³/mol. The van der Waals surface area contributed by atoms with Crippen molar-refractivity contribution in [2.24, 2.45) is 23.2 Å². The fraction of sp³-hybridized carbons (Fsp3) is 1.00. The molecule has 0 aromatic carbocycles. The predicted octanol–water partition coefficient (Wildman–Crippen LogP) is 3.22. The van der Waals surface area contributed by atoms with Crippen LogP contribution in [0.2, 0.25) is 0 Å². The lowest BCUT2D eigenvalue weighted by molar-refractivity contribution is 0.195. The van der Waals surface area contributed by atoms with Crippen LogP contribution in [0.15, 0.2) is 0 Å². The minimum atomic E-state index is 0.852. The van der Waals surface area contributed by atoms with Crippen molar-refractivity contribution in [2.45, 2.75) is 45.4 Å². The van der Waals surface area contributed by atoms with Gasteiger partial charge >= 0.3 is 0 Å². The number of hydrogen-bond donors (Lipinski definition) is 0. The van der Waals surface area contributed by atoms with Crippen molar-refractivity contribution in [1.29, 1.82) is 0 Å². The molecule has 0 bridgehead atoms. The summed E-state index contributed by atoms with van der Waals surface area (Å²) in [5.41, 5.74) is 0.852. The fourth-order valence-electron chi connectivity index (χ4n) is 4.00. The van der Waals surface area contributed by atoms with Gasteiger partial charge in [-0.3, -0.25) is 0 Å². The summed E-state index contributed by atoms with van der Waals surface area (Å²) in [6.07, 6.45) is 9.37. The number of fused-ring (bicyclic) bond motifs is 3. The highest BCUT2D eigenvalue weighted by Gasteiger charge is 2.62. The SMILES string of the molecule is CC12CC1CC1CCCCC12. The van der Waals surface area contributed by atoms with E-state index < -0.39 is 0 Å². The van der Waals surface area contributed by atoms with Gasteiger partial charge in [0, 0.05) is 0 Å². The zero-order valence-corrected chi connectivity index (χ0v) is 7.47. The van der Waals surface area contributed by atoms with Gasteiger partial charge in [-0.1, -0.05) is 26.2 Å². The van der Waals surface area contributed by atoms with E-state index >= 15 is 0 Å². The Morgan fingerprint density at radius 2 is 2.00 bits per heavy atom. The van der Waals surface area contributed by atoms with Crippen LogP contribution in [-0.4, -0.2) is 0 Å². The largest absolute Gasteiger partial charge is 0.0591 e. The van der Waals surface area contributed by atoms with E-state index in [2.05, 4.69) is 6.92 Å². The Hall–Kier alpha value is 0. The van der Waals surface area contributed by atoms with Crippen LogP contribution >= 0.6 is 0 Å². The highest BCUT2D eigenvalue weighted by molar-refractivity contribution is 5.11. The van der Waals surface area contributed by atoms with Crippen LogP contribution in [-0.2, 0) is 0 Å². The molecule has 0 heterocycles. The Morgan fingerprint density at radius 1 is 1.18 bits per heavy atom. The van der Waals surface area contributed by atoms with Gasteiger partial charge in [-0.05, 0) is 42.4 Å². The summed E-state index contributed by atoms with van der Waals surface area (Å²) in [6.45, 7) is 2.55. The topological polar surface area (TPSA) is 0 Å². The van der Waals surface area contributed by atoms with Gasteiger partial charge in [-0.15, -0.1) is 0 Å². The minimum absolute atomic E-state index is 0.852. The number of rotatable bonds is 0. The third-order valence-electron chi connectivity index (χ3n) is 4.80. The summed E-state index contributed by atoms with van der Waals surface area (Å²) in [5, 5.41) is 0. The first kappa shape index (κ1) is 6.51. The Kier molecular flexibility index (Phi) is 1.09. The van der Waals surface area contributed by atoms with E-state index in [9.17, 15) is 0 Å². The van der Waals surface area contributed by atoms with E-state index in [0.29, 0.717) is 0 Å². The molecular formula is C11H18. The van der Waals surface area contributed by atoms with Crippen LogP contribution in [0, 0.1) is 23.2 Å². The van der Waals surface area contributed by atoms with Crippen molar-refractivity contribution in [1.82, 2.24) is 0 Å². The van der Waals surface area contributed by atoms with Crippen molar-refractivity contribution in [3.63, 3.8) is 0 Å². The van der Waals surface area contributed by atoms with Gasteiger partial charge in [0.25, 0.3) is 0 Å². The molecule has 3 aliphatic rings. The maximum absolute atomic E-state index is 2.55. The van der Waals surface area contributed by atoms with Crippen molar-refractivity contribution in [3.05, 3.63) is 0 Å². The first-order valence-electron chi connectivity index (χ1n) is 5.31. The van der Waals surface area contributed by atoms with Crippen LogP contribution in [0.4, 0.5) is 0 Å². The molecule has 3 saturated carbocycles. The van der Waals surface area contributed by atoms with E-state index in [1.165, 1.54) is 12.8 Å². The molecular weight excluding hydrogens is 132 g/mol. The lowest BCUT2D eigenvalue weighted by Crippen LogP contribution is -2.21. The molecule has 0 aliphatic heterocycles. The molecule has 4 atom stereocenters. The second-order valence-corrected chi connectivity index (χ2v) is 5.29. The summed E-state index contributed by atoms with van der Waals surface area (Å²) >= 11 is 0. The first-order chi connectivity index (χ1) is 5.31. The third kappa shape index (κ3) is 0.711. The molecule has 0 saturated heterocycles. The van der Waals surface area contributed by atoms with Gasteiger partial charge < -0.3 is 0 Å². The molecule has 0 radical (unpaired) electrons. The Morgan fingerprint density at radius 3 is 2.82 bits per heavy atom. The monoisotopic (exact) mass is 150 g/mol. The van der Waals surface area contributed by atoms with Crippen LogP contribution in [0.3, 0.4) is 0 Å². The molecule has 0 heteroatoms. The van der Waals surface area contributed by atoms with Gasteiger partial charge in [0.15, 0.2) is 0 Å². The molecule has 11 heavy (non-hydrogen) atoms. The standard InChI is InChI=1S/C11H18/c1-11-7-9(11)6-8-4-2-3-5-10(8)11/h8-10H,2-7H2,1H3. The quantitative estimate of drug-likeness (QED) is 0.497. The van der Waals surface area contributed by atoms with Crippen molar-refractivity contribution < 1.29 is 0 Å². The molecule has 0 aromatic rings. The smallest absolute Gasteiger partial charge is 0.0263 e. The Balaban J connectivity index is 1.86. The van der Waals surface area contributed by atoms with E-state index in [1.807, 2.05) is 0 Å². The van der Waals surface area contributed by atoms with E-state index in [1.54, 1.807) is 25.7 Å². The Bertz CT molecular complexity index is 184. The van der Waals surface area contributed by atoms with E-state index in [4.69, 9.17) is 0 Å². The van der Waals surface area contributed by atoms with E-state index in [-0.39, 0.29) is 0 Å². The molecule has 3 rings (SSSR count). The van der Waals surface area contributed by atoms with Crippen molar-refractivity contribution >= 4 is 0 Å². The lowest BCUT2D eigenvalue weighted by Gasteiger charge is -2.31. The van der Waals surface area contributed by atoms with Gasteiger partial charge in [-0.25, -0.2) is 0 Å². The Labute approximate surface area is 69.4 Å². The highest BCUT2D eigenvalue weighted by atomic mass is 14.7. The summed E-state index contributed by atoms with van der Waals surface area (Å²) in [6, 6.07) is 0. The van der Waals surface area contributed by atoms with Crippen molar-refractivity contribution in [3.8, 4) is 0 Å². The summed E-state index contributed by atoms with van der Waals surface area (Å²) in [7, 11) is 0. The van der Waals surface area contributed by atoms with Crippen LogP contribution in [0.25, 0.3) is 0 Å². The molecule has 0 spiro atoms. The maximum Gasteiger partial charge on any atom is -0.0263 e. The second kappa shape index (κ2) is 1.84. The van der Waals surface area contributed by atoms with Crippen molar-refractivity contribution in [2.75, 3.05) is 0 Å². The average Bonchev–Trinajstić information content (AvgIpc) is 2.57. The van der Waals surface area contributed by atoms with Crippen LogP contribution in [0.5, 0.6) is 0 Å². The first-order valence-corrected chi connectivity index (χ1v) is 5.31. The maximum atomic E-state index is 2.55.